The van der Waals surface area contributed by atoms with Crippen molar-refractivity contribution in [3.8, 4) is 0 Å². The summed E-state index contributed by atoms with van der Waals surface area (Å²) in [6.45, 7) is 0. The van der Waals surface area contributed by atoms with E-state index in [9.17, 15) is 0 Å². The van der Waals surface area contributed by atoms with E-state index in [4.69, 9.17) is 23.6 Å². The zero-order valence-electron chi connectivity index (χ0n) is 12.6. The number of hydrazine groups is 1. The van der Waals surface area contributed by atoms with Gasteiger partial charge in [0, 0.05) is 17.2 Å². The van der Waals surface area contributed by atoms with Gasteiger partial charge in [0.05, 0.1) is 5.69 Å². The van der Waals surface area contributed by atoms with Gasteiger partial charge in [-0.1, -0.05) is 60.7 Å². The molecular formula is C20H12Cl2N2. The van der Waals surface area contributed by atoms with Gasteiger partial charge in [-0.2, -0.15) is 0 Å². The maximum Gasteiger partial charge on any atom is 0.0804 e. The summed E-state index contributed by atoms with van der Waals surface area (Å²) in [5.41, 5.74) is 0.841. The maximum absolute atomic E-state index is 6.30. The number of fused-ring (bicyclic) bond motifs is 2. The van der Waals surface area contributed by atoms with E-state index in [2.05, 4.69) is 65.6 Å². The van der Waals surface area contributed by atoms with Crippen molar-refractivity contribution in [2.24, 2.45) is 0 Å². The largest absolute Gasteiger partial charge is 0.203 e. The highest BCUT2D eigenvalue weighted by atomic mass is 35.5. The number of hydrogen-bond donors (Lipinski definition) is 1. The average molecular weight is 351 g/mol. The molecule has 0 unspecified atom stereocenters. The van der Waals surface area contributed by atoms with Crippen LogP contribution in [0.1, 0.15) is 0 Å². The van der Waals surface area contributed by atoms with E-state index in [1.165, 1.54) is 42.2 Å². The Hall–Kier alpha value is -2.26. The second-order valence-electron chi connectivity index (χ2n) is 5.94. The summed E-state index contributed by atoms with van der Waals surface area (Å²) in [4.78, 5) is 2.49. The van der Waals surface area contributed by atoms with Gasteiger partial charge in [0.15, 0.2) is 0 Å². The fraction of sp³-hybridized carbons (Fsp3) is 0. The van der Waals surface area contributed by atoms with Gasteiger partial charge < -0.3 is 0 Å². The second-order valence-corrected chi connectivity index (χ2v) is 6.45. The lowest BCUT2D eigenvalue weighted by Crippen LogP contribution is -2.19. The van der Waals surface area contributed by atoms with Gasteiger partial charge in [-0.05, 0) is 55.5 Å². The Balaban J connectivity index is 2.19. The zero-order chi connectivity index (χ0) is 16.3. The third kappa shape index (κ3) is 1.76. The van der Waals surface area contributed by atoms with Gasteiger partial charge in [0.1, 0.15) is 0 Å². The Morgan fingerprint density at radius 2 is 1.21 bits per heavy atom. The van der Waals surface area contributed by atoms with Crippen molar-refractivity contribution < 1.29 is 0 Å². The number of nitrogens with zero attached hydrogens (tertiary/aromatic N) is 1. The van der Waals surface area contributed by atoms with Crippen molar-refractivity contribution in [1.29, 1.82) is 0 Å². The lowest BCUT2D eigenvalue weighted by atomic mass is 9.89. The van der Waals surface area contributed by atoms with Crippen LogP contribution in [0.3, 0.4) is 0 Å². The van der Waals surface area contributed by atoms with Gasteiger partial charge >= 0.3 is 0 Å². The Bertz CT molecular complexity index is 1210. The highest BCUT2D eigenvalue weighted by Crippen LogP contribution is 2.43. The lowest BCUT2D eigenvalue weighted by molar-refractivity contribution is 1.07. The Kier molecular flexibility index (Phi) is 3.01. The Morgan fingerprint density at radius 1 is 0.625 bits per heavy atom. The van der Waals surface area contributed by atoms with Gasteiger partial charge in [-0.25, -0.2) is 4.53 Å². The summed E-state index contributed by atoms with van der Waals surface area (Å²) in [6.07, 6.45) is 0. The summed E-state index contributed by atoms with van der Waals surface area (Å²) in [5, 5.41) is 9.66. The van der Waals surface area contributed by atoms with Crippen molar-refractivity contribution in [1.82, 2.24) is 4.94 Å². The molecule has 0 atom stereocenters. The monoisotopic (exact) mass is 350 g/mol. The predicted molar refractivity (Wildman–Crippen MR) is 105 cm³/mol. The van der Waals surface area contributed by atoms with Crippen LogP contribution in [0.15, 0.2) is 66.7 Å². The highest BCUT2D eigenvalue weighted by molar-refractivity contribution is 6.38. The van der Waals surface area contributed by atoms with Gasteiger partial charge in [0.25, 0.3) is 0 Å². The standard InChI is InChI=1S/C20H12Cl2N2/c21-23-24(22)17-11-10-13-6-2-8-15-14-7-1-4-12-5-3-9-16(18(12)14)20(17)19(13)15/h1-11,23H. The smallest absolute Gasteiger partial charge is 0.0804 e. The molecule has 24 heavy (non-hydrogen) atoms. The molecule has 5 aromatic carbocycles. The van der Waals surface area contributed by atoms with Crippen molar-refractivity contribution >= 4 is 72.3 Å². The molecular weight excluding hydrogens is 339 g/mol. The van der Waals surface area contributed by atoms with Crippen LogP contribution in [0.5, 0.6) is 0 Å². The summed E-state index contributed by atoms with van der Waals surface area (Å²) in [5.74, 6) is 0. The summed E-state index contributed by atoms with van der Waals surface area (Å²) >= 11 is 12.1. The fourth-order valence-electron chi connectivity index (χ4n) is 3.85. The fourth-order valence-corrected chi connectivity index (χ4v) is 4.08. The first kappa shape index (κ1) is 14.1. The molecule has 0 saturated carbocycles. The molecule has 1 N–H and O–H groups in total. The third-order valence-corrected chi connectivity index (χ3v) is 5.30. The van der Waals surface area contributed by atoms with Crippen molar-refractivity contribution in [3.63, 3.8) is 0 Å². The van der Waals surface area contributed by atoms with Crippen LogP contribution in [-0.2, 0) is 0 Å². The highest BCUT2D eigenvalue weighted by Gasteiger charge is 2.17. The minimum Gasteiger partial charge on any atom is -0.203 e. The van der Waals surface area contributed by atoms with Gasteiger partial charge in [-0.15, -0.1) is 4.94 Å². The second kappa shape index (κ2) is 5.12. The van der Waals surface area contributed by atoms with Gasteiger partial charge in [0.2, 0.25) is 0 Å². The molecule has 5 aromatic rings. The molecule has 116 valence electrons. The summed E-state index contributed by atoms with van der Waals surface area (Å²) in [7, 11) is 0. The maximum atomic E-state index is 6.30. The van der Waals surface area contributed by atoms with Crippen LogP contribution >= 0.6 is 23.6 Å². The Morgan fingerprint density at radius 3 is 1.88 bits per heavy atom. The molecule has 0 amide bonds. The minimum atomic E-state index is 0.841. The quantitative estimate of drug-likeness (QED) is 0.172. The average Bonchev–Trinajstić information content (AvgIpc) is 2.64. The van der Waals surface area contributed by atoms with Gasteiger partial charge in [-0.3, -0.25) is 0 Å². The lowest BCUT2D eigenvalue weighted by Gasteiger charge is -2.20. The van der Waals surface area contributed by atoms with Crippen LogP contribution in [0.4, 0.5) is 5.69 Å². The summed E-state index contributed by atoms with van der Waals surface area (Å²) < 4.78 is 1.33. The van der Waals surface area contributed by atoms with E-state index < -0.39 is 0 Å². The third-order valence-electron chi connectivity index (χ3n) is 4.77. The van der Waals surface area contributed by atoms with Crippen LogP contribution in [-0.4, -0.2) is 0 Å². The molecule has 5 rings (SSSR count). The number of rotatable bonds is 2. The first-order chi connectivity index (χ1) is 11.8. The molecule has 0 bridgehead atoms. The molecule has 0 aliphatic carbocycles. The van der Waals surface area contributed by atoms with E-state index in [0.717, 1.165) is 11.1 Å². The van der Waals surface area contributed by atoms with Crippen LogP contribution in [0, 0.1) is 0 Å². The molecule has 0 aliphatic rings. The number of halogens is 2. The molecule has 0 radical (unpaired) electrons. The normalized spacial score (nSPS) is 11.9. The molecule has 0 spiro atoms. The molecule has 0 aliphatic heterocycles. The number of nitrogens with one attached hydrogen (secondary N) is 1. The first-order valence-electron chi connectivity index (χ1n) is 7.70. The van der Waals surface area contributed by atoms with E-state index in [1.807, 2.05) is 6.07 Å². The van der Waals surface area contributed by atoms with Crippen molar-refractivity contribution in [3.05, 3.63) is 66.7 Å². The molecule has 0 saturated heterocycles. The molecule has 4 heteroatoms. The van der Waals surface area contributed by atoms with Crippen molar-refractivity contribution in [2.45, 2.75) is 0 Å². The summed E-state index contributed by atoms with van der Waals surface area (Å²) in [6, 6.07) is 23.3. The van der Waals surface area contributed by atoms with E-state index in [1.54, 1.807) is 0 Å². The molecule has 0 aromatic heterocycles. The predicted octanol–water partition coefficient (Wildman–Crippen LogP) is 6.36. The van der Waals surface area contributed by atoms with Crippen LogP contribution in [0.2, 0.25) is 0 Å². The number of anilines is 1. The topological polar surface area (TPSA) is 15.3 Å². The van der Waals surface area contributed by atoms with Crippen LogP contribution in [0.25, 0.3) is 43.1 Å². The van der Waals surface area contributed by atoms with E-state index in [0.29, 0.717) is 0 Å². The molecule has 0 heterocycles. The Labute approximate surface area is 148 Å². The first-order valence-corrected chi connectivity index (χ1v) is 8.41. The number of benzene rings is 5. The zero-order valence-corrected chi connectivity index (χ0v) is 14.1. The molecule has 0 fully saturated rings. The SMILES string of the molecule is ClNN(Cl)c1ccc2cccc3c4cccc5cccc(c1c23)c54. The van der Waals surface area contributed by atoms with E-state index >= 15 is 0 Å². The minimum absolute atomic E-state index is 0.841. The van der Waals surface area contributed by atoms with Crippen LogP contribution < -0.4 is 9.47 Å². The molecule has 2 nitrogen and oxygen atoms in total. The number of hydrogen-bond acceptors (Lipinski definition) is 2. The van der Waals surface area contributed by atoms with Crippen molar-refractivity contribution in [2.75, 3.05) is 4.53 Å². The van der Waals surface area contributed by atoms with E-state index in [-0.39, 0.29) is 0 Å².